The Morgan fingerprint density at radius 2 is 1.72 bits per heavy atom. The molecule has 0 aromatic rings. The molecule has 0 spiro atoms. The molecule has 4 saturated carbocycles. The molecule has 0 radical (unpaired) electrons. The van der Waals surface area contributed by atoms with Crippen LogP contribution in [-0.4, -0.2) is 5.91 Å². The number of amides is 1. The van der Waals surface area contributed by atoms with Gasteiger partial charge in [0.25, 0.3) is 0 Å². The van der Waals surface area contributed by atoms with Crippen molar-refractivity contribution in [2.75, 3.05) is 0 Å². The van der Waals surface area contributed by atoms with E-state index in [2.05, 4.69) is 5.32 Å². The Balaban J connectivity index is 1.71. The zero-order valence-corrected chi connectivity index (χ0v) is 10.9. The van der Waals surface area contributed by atoms with Crippen molar-refractivity contribution < 1.29 is 4.79 Å². The third kappa shape index (κ3) is 1.94. The number of carbonyl (C=O) groups is 1. The van der Waals surface area contributed by atoms with Crippen molar-refractivity contribution in [1.29, 1.82) is 5.26 Å². The lowest BCUT2D eigenvalue weighted by Crippen LogP contribution is -2.50. The standard InChI is InChI=1S/C15H20N2O/c1-9(2-3-16)17-15(18)14-12-5-10-4-11(7-12)8-13(14)6-10/h2,10-14H,4-8H2,1H3,(H,17,18)/b9-2+. The first kappa shape index (κ1) is 11.8. The number of nitrogens with zero attached hydrogens (tertiary/aromatic N) is 1. The first-order chi connectivity index (χ1) is 8.67. The molecular weight excluding hydrogens is 224 g/mol. The molecule has 1 amide bonds. The number of nitriles is 1. The van der Waals surface area contributed by atoms with Gasteiger partial charge < -0.3 is 5.32 Å². The first-order valence-electron chi connectivity index (χ1n) is 7.04. The highest BCUT2D eigenvalue weighted by Crippen LogP contribution is 2.56. The second-order valence-electron chi connectivity index (χ2n) is 6.40. The van der Waals surface area contributed by atoms with Gasteiger partial charge >= 0.3 is 0 Å². The lowest BCUT2D eigenvalue weighted by Gasteiger charge is -2.53. The molecule has 3 nitrogen and oxygen atoms in total. The summed E-state index contributed by atoms with van der Waals surface area (Å²) in [5, 5.41) is 11.5. The van der Waals surface area contributed by atoms with Gasteiger partial charge in [0, 0.05) is 17.7 Å². The second kappa shape index (κ2) is 4.42. The minimum atomic E-state index is 0.160. The Hall–Kier alpha value is -1.30. The van der Waals surface area contributed by atoms with Gasteiger partial charge in [-0.15, -0.1) is 0 Å². The highest BCUT2D eigenvalue weighted by molar-refractivity contribution is 5.81. The fourth-order valence-electron chi connectivity index (χ4n) is 4.76. The Labute approximate surface area is 108 Å². The Morgan fingerprint density at radius 3 is 2.22 bits per heavy atom. The number of hydrogen-bond acceptors (Lipinski definition) is 2. The predicted molar refractivity (Wildman–Crippen MR) is 68.0 cm³/mol. The van der Waals surface area contributed by atoms with Gasteiger partial charge in [-0.1, -0.05) is 0 Å². The summed E-state index contributed by atoms with van der Waals surface area (Å²) in [6, 6.07) is 1.96. The maximum atomic E-state index is 12.4. The van der Waals surface area contributed by atoms with Crippen LogP contribution in [0.15, 0.2) is 11.8 Å². The molecule has 3 heteroatoms. The fourth-order valence-corrected chi connectivity index (χ4v) is 4.76. The summed E-state index contributed by atoms with van der Waals surface area (Å²) >= 11 is 0. The molecule has 4 fully saturated rings. The molecule has 4 aliphatic rings. The van der Waals surface area contributed by atoms with Crippen LogP contribution >= 0.6 is 0 Å². The first-order valence-corrected chi connectivity index (χ1v) is 7.04. The van der Waals surface area contributed by atoms with Crippen molar-refractivity contribution in [3.05, 3.63) is 11.8 Å². The zero-order chi connectivity index (χ0) is 12.7. The molecular formula is C15H20N2O. The van der Waals surface area contributed by atoms with Crippen LogP contribution in [-0.2, 0) is 4.79 Å². The van der Waals surface area contributed by atoms with E-state index in [1.807, 2.05) is 6.07 Å². The van der Waals surface area contributed by atoms with Crippen LogP contribution in [0.3, 0.4) is 0 Å². The van der Waals surface area contributed by atoms with Crippen molar-refractivity contribution in [2.24, 2.45) is 29.6 Å². The largest absolute Gasteiger partial charge is 0.329 e. The molecule has 0 atom stereocenters. The molecule has 0 unspecified atom stereocenters. The Kier molecular flexibility index (Phi) is 2.89. The van der Waals surface area contributed by atoms with Crippen molar-refractivity contribution in [3.63, 3.8) is 0 Å². The predicted octanol–water partition coefficient (Wildman–Crippen LogP) is 2.60. The van der Waals surface area contributed by atoms with Gasteiger partial charge in [-0.3, -0.25) is 4.79 Å². The van der Waals surface area contributed by atoms with Crippen molar-refractivity contribution in [2.45, 2.75) is 39.0 Å². The van der Waals surface area contributed by atoms with E-state index in [0.717, 1.165) is 11.8 Å². The van der Waals surface area contributed by atoms with Crippen LogP contribution in [0.4, 0.5) is 0 Å². The SMILES string of the molecule is C/C(=C\C#N)NC(=O)C1C2CC3CC(C2)CC1C3. The molecule has 4 rings (SSSR count). The third-order valence-corrected chi connectivity index (χ3v) is 5.13. The number of allylic oxidation sites excluding steroid dienone is 2. The fraction of sp³-hybridized carbons (Fsp3) is 0.733. The summed E-state index contributed by atoms with van der Waals surface area (Å²) < 4.78 is 0. The van der Waals surface area contributed by atoms with E-state index < -0.39 is 0 Å². The molecule has 1 N–H and O–H groups in total. The number of carbonyl (C=O) groups excluding carboxylic acids is 1. The zero-order valence-electron chi connectivity index (χ0n) is 10.9. The van der Waals surface area contributed by atoms with Crippen LogP contribution < -0.4 is 5.32 Å². The summed E-state index contributed by atoms with van der Waals surface area (Å²) in [6.07, 6.45) is 7.85. The van der Waals surface area contributed by atoms with E-state index in [9.17, 15) is 4.79 Å². The number of nitrogens with one attached hydrogen (secondary N) is 1. The minimum absolute atomic E-state index is 0.160. The van der Waals surface area contributed by atoms with Crippen molar-refractivity contribution >= 4 is 5.91 Å². The summed E-state index contributed by atoms with van der Waals surface area (Å²) in [7, 11) is 0. The van der Waals surface area contributed by atoms with E-state index in [1.54, 1.807) is 6.92 Å². The van der Waals surface area contributed by atoms with Gasteiger partial charge in [-0.25, -0.2) is 0 Å². The highest BCUT2D eigenvalue weighted by atomic mass is 16.1. The maximum Gasteiger partial charge on any atom is 0.227 e. The van der Waals surface area contributed by atoms with Crippen LogP contribution in [0.1, 0.15) is 39.0 Å². The molecule has 0 aromatic carbocycles. The van der Waals surface area contributed by atoms with Gasteiger partial charge in [0.1, 0.15) is 0 Å². The molecule has 0 aromatic heterocycles. The van der Waals surface area contributed by atoms with Gasteiger partial charge in [0.2, 0.25) is 5.91 Å². The van der Waals surface area contributed by atoms with Crippen LogP contribution in [0.25, 0.3) is 0 Å². The molecule has 4 aliphatic carbocycles. The van der Waals surface area contributed by atoms with Crippen molar-refractivity contribution in [1.82, 2.24) is 5.32 Å². The molecule has 0 heterocycles. The van der Waals surface area contributed by atoms with E-state index in [-0.39, 0.29) is 11.8 Å². The summed E-state index contributed by atoms with van der Waals surface area (Å²) in [5.74, 6) is 3.37. The third-order valence-electron chi connectivity index (χ3n) is 5.13. The highest BCUT2D eigenvalue weighted by Gasteiger charge is 2.50. The Bertz CT molecular complexity index is 404. The van der Waals surface area contributed by atoms with E-state index in [4.69, 9.17) is 5.26 Å². The van der Waals surface area contributed by atoms with Gasteiger partial charge in [0.15, 0.2) is 0 Å². The summed E-state index contributed by atoms with van der Waals surface area (Å²) in [4.78, 5) is 12.4. The maximum absolute atomic E-state index is 12.4. The Morgan fingerprint density at radius 1 is 1.17 bits per heavy atom. The van der Waals surface area contributed by atoms with E-state index >= 15 is 0 Å². The van der Waals surface area contributed by atoms with Crippen molar-refractivity contribution in [3.8, 4) is 6.07 Å². The monoisotopic (exact) mass is 244 g/mol. The molecule has 96 valence electrons. The van der Waals surface area contributed by atoms with Crippen LogP contribution in [0.2, 0.25) is 0 Å². The van der Waals surface area contributed by atoms with Crippen LogP contribution in [0.5, 0.6) is 0 Å². The average molecular weight is 244 g/mol. The molecule has 4 bridgehead atoms. The topological polar surface area (TPSA) is 52.9 Å². The lowest BCUT2D eigenvalue weighted by atomic mass is 9.51. The van der Waals surface area contributed by atoms with Gasteiger partial charge in [-0.05, 0) is 62.7 Å². The normalized spacial score (nSPS) is 41.6. The minimum Gasteiger partial charge on any atom is -0.329 e. The van der Waals surface area contributed by atoms with Crippen LogP contribution in [0, 0.1) is 40.9 Å². The molecule has 0 aliphatic heterocycles. The summed E-state index contributed by atoms with van der Waals surface area (Å²) in [6.45, 7) is 1.79. The van der Waals surface area contributed by atoms with Gasteiger partial charge in [0.05, 0.1) is 6.07 Å². The quantitative estimate of drug-likeness (QED) is 0.759. The second-order valence-corrected chi connectivity index (χ2v) is 6.40. The average Bonchev–Trinajstić information content (AvgIpc) is 2.27. The molecule has 18 heavy (non-hydrogen) atoms. The summed E-state index contributed by atoms with van der Waals surface area (Å²) in [5.41, 5.74) is 0.677. The van der Waals surface area contributed by atoms with E-state index in [0.29, 0.717) is 17.5 Å². The van der Waals surface area contributed by atoms with E-state index in [1.165, 1.54) is 38.2 Å². The molecule has 0 saturated heterocycles. The smallest absolute Gasteiger partial charge is 0.227 e. The van der Waals surface area contributed by atoms with Gasteiger partial charge in [-0.2, -0.15) is 5.26 Å². The number of hydrogen-bond donors (Lipinski definition) is 1. The lowest BCUT2D eigenvalue weighted by molar-refractivity contribution is -0.137. The number of rotatable bonds is 2.